The van der Waals surface area contributed by atoms with Crippen molar-refractivity contribution >= 4 is 11.8 Å². The van der Waals surface area contributed by atoms with Crippen LogP contribution in [0.25, 0.3) is 0 Å². The highest BCUT2D eigenvalue weighted by atomic mass is 16.5. The quantitative estimate of drug-likeness (QED) is 0.355. The molecule has 3 aliphatic carbocycles. The van der Waals surface area contributed by atoms with Crippen molar-refractivity contribution in [3.05, 3.63) is 23.3 Å². The number of carbonyl (C=O) groups excluding carboxylic acids is 2. The molecule has 0 N–H and O–H groups in total. The highest BCUT2D eigenvalue weighted by molar-refractivity contribution is 5.87. The average Bonchev–Trinajstić information content (AvgIpc) is 3.02. The molecule has 0 saturated heterocycles. The maximum Gasteiger partial charge on any atom is 0.311 e. The fourth-order valence-electron chi connectivity index (χ4n) is 6.32. The van der Waals surface area contributed by atoms with Gasteiger partial charge in [0.15, 0.2) is 0 Å². The number of aryl methyl sites for hydroxylation is 1. The molecule has 3 aliphatic rings. The Bertz CT molecular complexity index is 798. The molecule has 4 heteroatoms. The number of benzene rings is 1. The summed E-state index contributed by atoms with van der Waals surface area (Å²) >= 11 is 0. The molecule has 0 heterocycles. The number of methoxy groups -OCH3 is 1. The largest absolute Gasteiger partial charge is 0.497 e. The van der Waals surface area contributed by atoms with Gasteiger partial charge in [-0.15, -0.1) is 0 Å². The molecule has 4 nitrogen and oxygen atoms in total. The molecule has 0 bridgehead atoms. The molecule has 0 radical (unpaired) electrons. The number of fused-ring (bicyclic) bond motifs is 5. The zero-order valence-electron chi connectivity index (χ0n) is 18.1. The van der Waals surface area contributed by atoms with Gasteiger partial charge in [-0.05, 0) is 67.9 Å². The summed E-state index contributed by atoms with van der Waals surface area (Å²) < 4.78 is 11.4. The van der Waals surface area contributed by atoms with E-state index in [0.717, 1.165) is 63.5 Å². The molecule has 0 aromatic heterocycles. The number of unbranched alkanes of at least 4 members (excludes halogenated alkanes) is 2. The van der Waals surface area contributed by atoms with Gasteiger partial charge in [0.2, 0.25) is 0 Å². The molecule has 1 aromatic rings. The Morgan fingerprint density at radius 1 is 1.17 bits per heavy atom. The van der Waals surface area contributed by atoms with Crippen molar-refractivity contribution in [2.45, 2.75) is 84.0 Å². The second-order valence-electron chi connectivity index (χ2n) is 9.46. The zero-order chi connectivity index (χ0) is 20.6. The smallest absolute Gasteiger partial charge is 0.311 e. The fraction of sp³-hybridized carbons (Fsp3) is 0.680. The molecule has 2 fully saturated rings. The van der Waals surface area contributed by atoms with E-state index < -0.39 is 0 Å². The molecule has 158 valence electrons. The maximum absolute atomic E-state index is 12.6. The fourth-order valence-corrected chi connectivity index (χ4v) is 6.32. The predicted molar refractivity (Wildman–Crippen MR) is 112 cm³/mol. The van der Waals surface area contributed by atoms with E-state index in [9.17, 15) is 9.59 Å². The molecule has 0 amide bonds. The summed E-state index contributed by atoms with van der Waals surface area (Å²) in [6.07, 6.45) is 9.26. The molecular weight excluding hydrogens is 364 g/mol. The molecule has 0 unspecified atom stereocenters. The minimum absolute atomic E-state index is 0.137. The van der Waals surface area contributed by atoms with Gasteiger partial charge in [0, 0.05) is 29.9 Å². The van der Waals surface area contributed by atoms with Crippen molar-refractivity contribution < 1.29 is 19.1 Å². The Morgan fingerprint density at radius 3 is 2.76 bits per heavy atom. The summed E-state index contributed by atoms with van der Waals surface area (Å²) in [7, 11) is 1.66. The Morgan fingerprint density at radius 2 is 2.00 bits per heavy atom. The first-order valence-corrected chi connectivity index (χ1v) is 11.4. The third-order valence-electron chi connectivity index (χ3n) is 7.91. The van der Waals surface area contributed by atoms with Crippen LogP contribution < -0.4 is 9.47 Å². The minimum Gasteiger partial charge on any atom is -0.497 e. The van der Waals surface area contributed by atoms with Gasteiger partial charge in [0.1, 0.15) is 17.3 Å². The van der Waals surface area contributed by atoms with Crippen molar-refractivity contribution in [3.8, 4) is 11.5 Å². The van der Waals surface area contributed by atoms with Gasteiger partial charge in [-0.3, -0.25) is 9.59 Å². The van der Waals surface area contributed by atoms with Crippen LogP contribution in [0.3, 0.4) is 0 Å². The number of hydrogen-bond acceptors (Lipinski definition) is 4. The number of hydrogen-bond donors (Lipinski definition) is 0. The molecule has 2 saturated carbocycles. The lowest BCUT2D eigenvalue weighted by Gasteiger charge is -2.48. The van der Waals surface area contributed by atoms with Crippen LogP contribution in [0.5, 0.6) is 11.5 Å². The van der Waals surface area contributed by atoms with Gasteiger partial charge in [-0.2, -0.15) is 0 Å². The van der Waals surface area contributed by atoms with E-state index in [4.69, 9.17) is 9.47 Å². The third kappa shape index (κ3) is 3.60. The summed E-state index contributed by atoms with van der Waals surface area (Å²) in [4.78, 5) is 25.1. The Labute approximate surface area is 174 Å². The van der Waals surface area contributed by atoms with E-state index in [1.807, 2.05) is 6.07 Å². The van der Waals surface area contributed by atoms with Crippen LogP contribution in [0.1, 0.15) is 88.7 Å². The summed E-state index contributed by atoms with van der Waals surface area (Å²) in [6, 6.07) is 4.01. The van der Waals surface area contributed by atoms with E-state index in [1.54, 1.807) is 7.11 Å². The van der Waals surface area contributed by atoms with Crippen LogP contribution in [-0.2, 0) is 16.0 Å². The second-order valence-corrected chi connectivity index (χ2v) is 9.46. The average molecular weight is 399 g/mol. The Kier molecular flexibility index (Phi) is 5.72. The molecule has 0 aliphatic heterocycles. The number of rotatable bonds is 6. The van der Waals surface area contributed by atoms with E-state index in [1.165, 1.54) is 11.1 Å². The van der Waals surface area contributed by atoms with Gasteiger partial charge in [0.25, 0.3) is 0 Å². The molecule has 29 heavy (non-hydrogen) atoms. The number of ketones is 1. The van der Waals surface area contributed by atoms with Gasteiger partial charge in [0.05, 0.1) is 7.11 Å². The van der Waals surface area contributed by atoms with Crippen molar-refractivity contribution in [1.82, 2.24) is 0 Å². The van der Waals surface area contributed by atoms with E-state index in [0.29, 0.717) is 35.7 Å². The summed E-state index contributed by atoms with van der Waals surface area (Å²) in [5, 5.41) is 0. The van der Waals surface area contributed by atoms with Crippen LogP contribution in [0.15, 0.2) is 12.1 Å². The Hall–Kier alpha value is -1.84. The van der Waals surface area contributed by atoms with Crippen molar-refractivity contribution in [2.75, 3.05) is 7.11 Å². The number of ether oxygens (including phenoxy) is 2. The van der Waals surface area contributed by atoms with E-state index in [2.05, 4.69) is 19.9 Å². The molecule has 4 atom stereocenters. The lowest BCUT2D eigenvalue weighted by atomic mass is 9.55. The lowest BCUT2D eigenvalue weighted by molar-refractivity contribution is -0.134. The van der Waals surface area contributed by atoms with Crippen molar-refractivity contribution in [3.63, 3.8) is 0 Å². The molecule has 4 rings (SSSR count). The molecule has 1 aromatic carbocycles. The van der Waals surface area contributed by atoms with Gasteiger partial charge in [-0.1, -0.05) is 26.7 Å². The standard InChI is InChI=1S/C25H34O4/c1-4-5-6-7-23(27)29-21-15-17(28-3)14-16-8-9-18-19(24(16)21)12-13-25(2)20(18)10-11-22(25)26/h14-15,18-20H,4-13H2,1-3H3/t18-,19+,20+,25+/m1/s1. The lowest BCUT2D eigenvalue weighted by Crippen LogP contribution is -2.42. The minimum atomic E-state index is -0.146. The van der Waals surface area contributed by atoms with E-state index in [-0.39, 0.29) is 11.4 Å². The summed E-state index contributed by atoms with van der Waals surface area (Å²) in [5.41, 5.74) is 2.34. The number of Topliss-reactive ketones (excluding diaryl/α,β-unsaturated/α-hetero) is 1. The first kappa shape index (κ1) is 20.4. The predicted octanol–water partition coefficient (Wildman–Crippen LogP) is 5.61. The van der Waals surface area contributed by atoms with Crippen LogP contribution in [0.2, 0.25) is 0 Å². The number of esters is 1. The normalized spacial score (nSPS) is 30.3. The zero-order valence-corrected chi connectivity index (χ0v) is 18.1. The first-order chi connectivity index (χ1) is 14.0. The highest BCUT2D eigenvalue weighted by Gasteiger charge is 2.55. The monoisotopic (exact) mass is 398 g/mol. The van der Waals surface area contributed by atoms with Gasteiger partial charge in [-0.25, -0.2) is 0 Å². The van der Waals surface area contributed by atoms with Crippen LogP contribution in [-0.4, -0.2) is 18.9 Å². The molecular formula is C25H34O4. The third-order valence-corrected chi connectivity index (χ3v) is 7.91. The van der Waals surface area contributed by atoms with Crippen molar-refractivity contribution in [2.24, 2.45) is 17.3 Å². The van der Waals surface area contributed by atoms with Crippen LogP contribution in [0.4, 0.5) is 0 Å². The summed E-state index contributed by atoms with van der Waals surface area (Å²) in [5.74, 6) is 3.14. The Balaban J connectivity index is 1.64. The van der Waals surface area contributed by atoms with Crippen LogP contribution in [0, 0.1) is 17.3 Å². The van der Waals surface area contributed by atoms with Gasteiger partial charge < -0.3 is 9.47 Å². The maximum atomic E-state index is 12.6. The van der Waals surface area contributed by atoms with Gasteiger partial charge >= 0.3 is 5.97 Å². The van der Waals surface area contributed by atoms with Crippen molar-refractivity contribution in [1.29, 1.82) is 0 Å². The highest BCUT2D eigenvalue weighted by Crippen LogP contribution is 2.60. The van der Waals surface area contributed by atoms with E-state index >= 15 is 0 Å². The SMILES string of the molecule is CCCCCC(=O)Oc1cc(OC)cc2c1[C@H]1CC[C@]3(C)C(=O)CC[C@H]3[C@@H]1CC2. The number of carbonyl (C=O) groups is 2. The summed E-state index contributed by atoms with van der Waals surface area (Å²) in [6.45, 7) is 4.33. The van der Waals surface area contributed by atoms with Crippen LogP contribution >= 0.6 is 0 Å². The molecule has 0 spiro atoms. The topological polar surface area (TPSA) is 52.6 Å². The first-order valence-electron chi connectivity index (χ1n) is 11.4. The second kappa shape index (κ2) is 8.12.